The molecule has 2 aromatic rings. The van der Waals surface area contributed by atoms with Crippen molar-refractivity contribution >= 4 is 47.9 Å². The summed E-state index contributed by atoms with van der Waals surface area (Å²) in [6.07, 6.45) is -0.145. The van der Waals surface area contributed by atoms with Crippen LogP contribution in [0, 0.1) is 0 Å². The maximum absolute atomic E-state index is 13.0. The first-order chi connectivity index (χ1) is 21.4. The van der Waals surface area contributed by atoms with Crippen LogP contribution < -0.4 is 30.6 Å². The highest BCUT2D eigenvalue weighted by Gasteiger charge is 2.20. The Bertz CT molecular complexity index is 1590. The van der Waals surface area contributed by atoms with Crippen LogP contribution in [0.2, 0.25) is 0 Å². The Balaban J connectivity index is 2.19. The Kier molecular flexibility index (Phi) is 14.9. The van der Waals surface area contributed by atoms with Gasteiger partial charge in [-0.15, -0.1) is 0 Å². The highest BCUT2D eigenvalue weighted by Crippen LogP contribution is 2.39. The maximum atomic E-state index is 13.0. The lowest BCUT2D eigenvalue weighted by molar-refractivity contribution is 0.0950. The minimum Gasteiger partial charge on any atom is -0.489 e. The lowest BCUT2D eigenvalue weighted by atomic mass is 10.1. The first-order valence-corrected chi connectivity index (χ1v) is 18.6. The van der Waals surface area contributed by atoms with Gasteiger partial charge in [0.05, 0.1) is 37.1 Å². The van der Waals surface area contributed by atoms with Crippen LogP contribution in [0.1, 0.15) is 46.4 Å². The van der Waals surface area contributed by atoms with Crippen LogP contribution >= 0.6 is 0 Å². The number of nitrogen functional groups attached to an aromatic ring is 1. The quantitative estimate of drug-likeness (QED) is 0.0593. The standard InChI is InChI=1S/C26H37N3O14S3/c27-21-7-5-19(6-8-21)25(30)28-9-1-10-29-26(31)20-17-22(41-11-2-14-44(32,33)34)24(43-13-4-16-46(38,39)40)23(18-20)42-12-3-15-45(35,36)37/h5-8,17-18H,1-4,9-16,27H2,(H,28,30)(H,29,31)(H,32,33,34)(H,35,36,37)(H,38,39,40). The largest absolute Gasteiger partial charge is 0.489 e. The van der Waals surface area contributed by atoms with Crippen molar-refractivity contribution in [2.24, 2.45) is 0 Å². The molecule has 0 radical (unpaired) electrons. The van der Waals surface area contributed by atoms with E-state index in [4.69, 9.17) is 33.6 Å². The van der Waals surface area contributed by atoms with Gasteiger partial charge in [0, 0.05) is 29.9 Å². The molecule has 0 unspecified atom stereocenters. The molecule has 0 aliphatic heterocycles. The van der Waals surface area contributed by atoms with Gasteiger partial charge in [0.25, 0.3) is 42.2 Å². The van der Waals surface area contributed by atoms with E-state index >= 15 is 0 Å². The average molecular weight is 712 g/mol. The SMILES string of the molecule is Nc1ccc(C(=O)NCCCNC(=O)c2cc(OCCCS(=O)(=O)O)c(OCCCS(=O)(=O)O)c(OCCCS(=O)(=O)O)c2)cc1. The second kappa shape index (κ2) is 17.9. The van der Waals surface area contributed by atoms with Crippen LogP contribution in [0.25, 0.3) is 0 Å². The molecule has 0 aliphatic rings. The van der Waals surface area contributed by atoms with E-state index in [9.17, 15) is 34.8 Å². The molecule has 0 spiro atoms. The number of benzene rings is 2. The van der Waals surface area contributed by atoms with Crippen molar-refractivity contribution in [3.63, 3.8) is 0 Å². The third-order valence-electron chi connectivity index (χ3n) is 5.78. The average Bonchev–Trinajstić information content (AvgIpc) is 2.94. The van der Waals surface area contributed by atoms with Gasteiger partial charge in [0.1, 0.15) is 0 Å². The van der Waals surface area contributed by atoms with Crippen LogP contribution in [-0.4, -0.2) is 101 Å². The molecule has 20 heteroatoms. The minimum atomic E-state index is -4.30. The Morgan fingerprint density at radius 1 is 0.609 bits per heavy atom. The van der Waals surface area contributed by atoms with Crippen molar-refractivity contribution in [3.05, 3.63) is 47.5 Å². The van der Waals surface area contributed by atoms with Crippen LogP contribution in [0.15, 0.2) is 36.4 Å². The Hall–Kier alpha value is -3.69. The highest BCUT2D eigenvalue weighted by atomic mass is 32.2. The third kappa shape index (κ3) is 16.0. The number of anilines is 1. The minimum absolute atomic E-state index is 0.0224. The molecule has 0 aromatic heterocycles. The van der Waals surface area contributed by atoms with E-state index in [2.05, 4.69) is 10.6 Å². The first kappa shape index (κ1) is 38.5. The molecule has 7 N–H and O–H groups in total. The molecule has 0 saturated heterocycles. The van der Waals surface area contributed by atoms with Crippen molar-refractivity contribution < 1.29 is 62.7 Å². The van der Waals surface area contributed by atoms with Gasteiger partial charge < -0.3 is 30.6 Å². The molecule has 46 heavy (non-hydrogen) atoms. The van der Waals surface area contributed by atoms with Crippen LogP contribution in [-0.2, 0) is 30.4 Å². The fraction of sp³-hybridized carbons (Fsp3) is 0.462. The van der Waals surface area contributed by atoms with E-state index in [0.29, 0.717) is 17.7 Å². The van der Waals surface area contributed by atoms with E-state index in [1.165, 1.54) is 12.1 Å². The van der Waals surface area contributed by atoms with Gasteiger partial charge >= 0.3 is 0 Å². The number of hydrogen-bond donors (Lipinski definition) is 6. The summed E-state index contributed by atoms with van der Waals surface area (Å²) in [7, 11) is -12.9. The van der Waals surface area contributed by atoms with Crippen molar-refractivity contribution in [1.29, 1.82) is 0 Å². The molecule has 2 rings (SSSR count). The van der Waals surface area contributed by atoms with Crippen molar-refractivity contribution in [2.75, 3.05) is 55.9 Å². The van der Waals surface area contributed by atoms with Gasteiger partial charge in [-0.3, -0.25) is 23.2 Å². The molecule has 0 heterocycles. The zero-order chi connectivity index (χ0) is 34.4. The fourth-order valence-electron chi connectivity index (χ4n) is 3.66. The molecule has 0 bridgehead atoms. The van der Waals surface area contributed by atoms with Crippen LogP contribution in [0.4, 0.5) is 5.69 Å². The number of nitrogens with one attached hydrogen (secondary N) is 2. The molecular weight excluding hydrogens is 674 g/mol. The van der Waals surface area contributed by atoms with E-state index in [1.807, 2.05) is 0 Å². The fourth-order valence-corrected chi connectivity index (χ4v) is 5.11. The highest BCUT2D eigenvalue weighted by molar-refractivity contribution is 7.86. The molecule has 0 atom stereocenters. The summed E-state index contributed by atoms with van der Waals surface area (Å²) in [5.41, 5.74) is 6.51. The molecule has 0 aliphatic carbocycles. The van der Waals surface area contributed by atoms with E-state index in [-0.39, 0.29) is 80.9 Å². The molecule has 2 amide bonds. The van der Waals surface area contributed by atoms with Crippen molar-refractivity contribution in [1.82, 2.24) is 10.6 Å². The van der Waals surface area contributed by atoms with Gasteiger partial charge in [0.15, 0.2) is 11.5 Å². The number of hydrogen-bond acceptors (Lipinski definition) is 12. The molecule has 258 valence electrons. The van der Waals surface area contributed by atoms with Gasteiger partial charge in [-0.25, -0.2) is 0 Å². The summed E-state index contributed by atoms with van der Waals surface area (Å²) in [5, 5.41) is 5.37. The second-order valence-corrected chi connectivity index (χ2v) is 14.5. The van der Waals surface area contributed by atoms with E-state index in [1.54, 1.807) is 24.3 Å². The Labute approximate surface area is 267 Å². The van der Waals surface area contributed by atoms with Crippen molar-refractivity contribution in [3.8, 4) is 17.2 Å². The summed E-state index contributed by atoms with van der Waals surface area (Å²) < 4.78 is 110. The number of ether oxygens (including phenoxy) is 3. The maximum Gasteiger partial charge on any atom is 0.264 e. The number of carbonyl (C=O) groups is 2. The number of rotatable bonds is 21. The molecule has 2 aromatic carbocycles. The lowest BCUT2D eigenvalue weighted by Gasteiger charge is -2.19. The normalized spacial score (nSPS) is 11.9. The zero-order valence-corrected chi connectivity index (χ0v) is 27.0. The Morgan fingerprint density at radius 3 is 1.41 bits per heavy atom. The number of nitrogens with two attached hydrogens (primary N) is 1. The lowest BCUT2D eigenvalue weighted by Crippen LogP contribution is -2.30. The van der Waals surface area contributed by atoms with Gasteiger partial charge in [-0.1, -0.05) is 0 Å². The summed E-state index contributed by atoms with van der Waals surface area (Å²) in [6, 6.07) is 8.80. The zero-order valence-electron chi connectivity index (χ0n) is 24.6. The first-order valence-electron chi connectivity index (χ1n) is 13.8. The van der Waals surface area contributed by atoms with Crippen molar-refractivity contribution in [2.45, 2.75) is 25.7 Å². The summed E-state index contributed by atoms with van der Waals surface area (Å²) in [5.74, 6) is -3.25. The van der Waals surface area contributed by atoms with Crippen LogP contribution in [0.3, 0.4) is 0 Å². The number of amides is 2. The molecule has 0 saturated carbocycles. The number of carbonyl (C=O) groups excluding carboxylic acids is 2. The smallest absolute Gasteiger partial charge is 0.264 e. The summed E-state index contributed by atoms with van der Waals surface area (Å²) >= 11 is 0. The molecule has 17 nitrogen and oxygen atoms in total. The summed E-state index contributed by atoms with van der Waals surface area (Å²) in [4.78, 5) is 25.3. The predicted octanol–water partition coefficient (Wildman–Crippen LogP) is 0.789. The van der Waals surface area contributed by atoms with Gasteiger partial charge in [-0.2, -0.15) is 25.3 Å². The molecule has 0 fully saturated rings. The van der Waals surface area contributed by atoms with Gasteiger partial charge in [-0.05, 0) is 62.1 Å². The Morgan fingerprint density at radius 2 is 1.00 bits per heavy atom. The monoisotopic (exact) mass is 711 g/mol. The molecular formula is C26H37N3O14S3. The third-order valence-corrected chi connectivity index (χ3v) is 8.20. The van der Waals surface area contributed by atoms with Crippen LogP contribution in [0.5, 0.6) is 17.2 Å². The predicted molar refractivity (Wildman–Crippen MR) is 166 cm³/mol. The summed E-state index contributed by atoms with van der Waals surface area (Å²) in [6.45, 7) is -0.478. The second-order valence-electron chi connectivity index (χ2n) is 9.75. The van der Waals surface area contributed by atoms with Gasteiger partial charge in [0.2, 0.25) is 5.75 Å². The topological polar surface area (TPSA) is 275 Å². The van der Waals surface area contributed by atoms with E-state index < -0.39 is 53.5 Å². The van der Waals surface area contributed by atoms with E-state index in [0.717, 1.165) is 0 Å².